The van der Waals surface area contributed by atoms with Gasteiger partial charge < -0.3 is 5.32 Å². The van der Waals surface area contributed by atoms with Crippen LogP contribution in [0.15, 0.2) is 42.5 Å². The standard InChI is InChI=1S/C23H32N2O3S/c1-7-21(19-12-11-17(4)18(5)15-19)24-23(26)22(8-2)25(29(6,27)28)20-13-9-16(3)10-14-20/h9-15,21-22H,7-8H2,1-6H3,(H,24,26)/t21-,22+/m0/s1. The predicted molar refractivity (Wildman–Crippen MR) is 120 cm³/mol. The van der Waals surface area contributed by atoms with Gasteiger partial charge in [-0.15, -0.1) is 0 Å². The summed E-state index contributed by atoms with van der Waals surface area (Å²) in [5.74, 6) is -0.288. The highest BCUT2D eigenvalue weighted by molar-refractivity contribution is 7.92. The topological polar surface area (TPSA) is 66.5 Å². The number of anilines is 1. The van der Waals surface area contributed by atoms with Crippen LogP contribution in [0.4, 0.5) is 5.69 Å². The zero-order valence-corrected chi connectivity index (χ0v) is 19.0. The fraction of sp³-hybridized carbons (Fsp3) is 0.435. The fourth-order valence-corrected chi connectivity index (χ4v) is 4.63. The molecule has 0 aliphatic heterocycles. The van der Waals surface area contributed by atoms with Gasteiger partial charge in [-0.3, -0.25) is 9.10 Å². The van der Waals surface area contributed by atoms with Gasteiger partial charge in [0.1, 0.15) is 6.04 Å². The Morgan fingerprint density at radius 1 is 0.966 bits per heavy atom. The number of nitrogens with zero attached hydrogens (tertiary/aromatic N) is 1. The van der Waals surface area contributed by atoms with Crippen molar-refractivity contribution in [3.8, 4) is 0 Å². The maximum absolute atomic E-state index is 13.2. The molecule has 2 aromatic rings. The van der Waals surface area contributed by atoms with E-state index in [1.165, 1.54) is 15.4 Å². The lowest BCUT2D eigenvalue weighted by Gasteiger charge is -2.31. The Labute approximate surface area is 175 Å². The summed E-state index contributed by atoms with van der Waals surface area (Å²) < 4.78 is 26.4. The van der Waals surface area contributed by atoms with Crippen LogP contribution < -0.4 is 9.62 Å². The van der Waals surface area contributed by atoms with Crippen molar-refractivity contribution in [3.63, 3.8) is 0 Å². The summed E-state index contributed by atoms with van der Waals surface area (Å²) in [5.41, 5.74) is 4.92. The molecular formula is C23H32N2O3S. The van der Waals surface area contributed by atoms with Crippen molar-refractivity contribution in [3.05, 3.63) is 64.7 Å². The van der Waals surface area contributed by atoms with Crippen molar-refractivity contribution < 1.29 is 13.2 Å². The second-order valence-corrected chi connectivity index (χ2v) is 9.49. The summed E-state index contributed by atoms with van der Waals surface area (Å²) in [6.45, 7) is 9.87. The molecule has 0 saturated carbocycles. The van der Waals surface area contributed by atoms with E-state index in [9.17, 15) is 13.2 Å². The Hall–Kier alpha value is -2.34. The summed E-state index contributed by atoms with van der Waals surface area (Å²) >= 11 is 0. The number of sulfonamides is 1. The third-order valence-electron chi connectivity index (χ3n) is 5.28. The first-order chi connectivity index (χ1) is 13.6. The average Bonchev–Trinajstić information content (AvgIpc) is 2.66. The SMILES string of the molecule is CC[C@H](NC(=O)[C@@H](CC)N(c1ccc(C)cc1)S(C)(=O)=O)c1ccc(C)c(C)c1. The maximum atomic E-state index is 13.2. The third-order valence-corrected chi connectivity index (χ3v) is 6.46. The summed E-state index contributed by atoms with van der Waals surface area (Å²) in [6, 6.07) is 12.4. The molecule has 0 saturated heterocycles. The van der Waals surface area contributed by atoms with Crippen LogP contribution in [0.1, 0.15) is 55.0 Å². The number of hydrogen-bond acceptors (Lipinski definition) is 3. The molecule has 2 rings (SSSR count). The summed E-state index contributed by atoms with van der Waals surface area (Å²) in [4.78, 5) is 13.2. The first kappa shape index (κ1) is 22.9. The monoisotopic (exact) mass is 416 g/mol. The maximum Gasteiger partial charge on any atom is 0.244 e. The molecule has 0 aliphatic carbocycles. The molecular weight excluding hydrogens is 384 g/mol. The van der Waals surface area contributed by atoms with Gasteiger partial charge in [0, 0.05) is 0 Å². The second kappa shape index (κ2) is 9.44. The molecule has 29 heavy (non-hydrogen) atoms. The van der Waals surface area contributed by atoms with Crippen molar-refractivity contribution in [1.29, 1.82) is 0 Å². The number of carbonyl (C=O) groups excluding carboxylic acids is 1. The Kier molecular flexibility index (Phi) is 7.47. The van der Waals surface area contributed by atoms with E-state index in [-0.39, 0.29) is 11.9 Å². The highest BCUT2D eigenvalue weighted by Crippen LogP contribution is 2.25. The number of carbonyl (C=O) groups is 1. The lowest BCUT2D eigenvalue weighted by Crippen LogP contribution is -2.50. The molecule has 2 aromatic carbocycles. The predicted octanol–water partition coefficient (Wildman–Crippen LogP) is 4.42. The number of amides is 1. The van der Waals surface area contributed by atoms with Gasteiger partial charge in [-0.05, 0) is 62.4 Å². The van der Waals surface area contributed by atoms with Gasteiger partial charge in [-0.2, -0.15) is 0 Å². The van der Waals surface area contributed by atoms with Crippen LogP contribution in [0, 0.1) is 20.8 Å². The van der Waals surface area contributed by atoms with Crippen molar-refractivity contribution in [2.24, 2.45) is 0 Å². The minimum absolute atomic E-state index is 0.171. The molecule has 1 N–H and O–H groups in total. The molecule has 2 atom stereocenters. The van der Waals surface area contributed by atoms with Crippen LogP contribution in [-0.4, -0.2) is 26.6 Å². The highest BCUT2D eigenvalue weighted by Gasteiger charge is 2.32. The first-order valence-electron chi connectivity index (χ1n) is 10.0. The Morgan fingerprint density at radius 3 is 2.07 bits per heavy atom. The summed E-state index contributed by atoms with van der Waals surface area (Å²) in [7, 11) is -3.63. The van der Waals surface area contributed by atoms with Crippen LogP contribution >= 0.6 is 0 Å². The van der Waals surface area contributed by atoms with Crippen LogP contribution in [0.25, 0.3) is 0 Å². The smallest absolute Gasteiger partial charge is 0.244 e. The van der Waals surface area contributed by atoms with Crippen molar-refractivity contribution in [2.45, 2.75) is 59.5 Å². The van der Waals surface area contributed by atoms with E-state index in [1.807, 2.05) is 52.0 Å². The van der Waals surface area contributed by atoms with Crippen molar-refractivity contribution in [1.82, 2.24) is 5.32 Å². The fourth-order valence-electron chi connectivity index (χ4n) is 3.42. The zero-order chi connectivity index (χ0) is 21.8. The molecule has 6 heteroatoms. The molecule has 0 spiro atoms. The van der Waals surface area contributed by atoms with Gasteiger partial charge in [0.15, 0.2) is 0 Å². The average molecular weight is 417 g/mol. The Bertz CT molecular complexity index is 953. The van der Waals surface area contributed by atoms with Crippen LogP contribution in [-0.2, 0) is 14.8 Å². The number of hydrogen-bond donors (Lipinski definition) is 1. The van der Waals surface area contributed by atoms with Gasteiger partial charge in [0.05, 0.1) is 18.0 Å². The summed E-state index contributed by atoms with van der Waals surface area (Å²) in [6.07, 6.45) is 2.23. The van der Waals surface area contributed by atoms with Gasteiger partial charge in [0.2, 0.25) is 15.9 Å². The second-order valence-electron chi connectivity index (χ2n) is 7.63. The third kappa shape index (κ3) is 5.60. The Morgan fingerprint density at radius 2 is 1.59 bits per heavy atom. The van der Waals surface area contributed by atoms with Gasteiger partial charge >= 0.3 is 0 Å². The molecule has 0 unspecified atom stereocenters. The van der Waals surface area contributed by atoms with E-state index in [1.54, 1.807) is 12.1 Å². The van der Waals surface area contributed by atoms with Crippen LogP contribution in [0.3, 0.4) is 0 Å². The van der Waals surface area contributed by atoms with Crippen molar-refractivity contribution >= 4 is 21.6 Å². The quantitative estimate of drug-likeness (QED) is 0.692. The van der Waals surface area contributed by atoms with E-state index in [0.717, 1.165) is 17.4 Å². The van der Waals surface area contributed by atoms with E-state index < -0.39 is 16.1 Å². The number of nitrogens with one attached hydrogen (secondary N) is 1. The first-order valence-corrected chi connectivity index (χ1v) is 11.9. The molecule has 158 valence electrons. The molecule has 0 aromatic heterocycles. The zero-order valence-electron chi connectivity index (χ0n) is 18.2. The molecule has 5 nitrogen and oxygen atoms in total. The van der Waals surface area contributed by atoms with E-state index in [0.29, 0.717) is 18.5 Å². The highest BCUT2D eigenvalue weighted by atomic mass is 32.2. The van der Waals surface area contributed by atoms with Crippen LogP contribution in [0.5, 0.6) is 0 Å². The lowest BCUT2D eigenvalue weighted by atomic mass is 9.99. The number of aryl methyl sites for hydroxylation is 3. The van der Waals surface area contributed by atoms with Gasteiger partial charge in [-0.25, -0.2) is 8.42 Å². The van der Waals surface area contributed by atoms with Gasteiger partial charge in [-0.1, -0.05) is 49.7 Å². The molecule has 0 fully saturated rings. The molecule has 0 heterocycles. The molecule has 0 radical (unpaired) electrons. The number of benzene rings is 2. The summed E-state index contributed by atoms with van der Waals surface area (Å²) in [5, 5.41) is 3.07. The van der Waals surface area contributed by atoms with E-state index in [2.05, 4.69) is 18.3 Å². The molecule has 1 amide bonds. The normalized spacial score (nSPS) is 13.6. The van der Waals surface area contributed by atoms with E-state index >= 15 is 0 Å². The van der Waals surface area contributed by atoms with Crippen LogP contribution in [0.2, 0.25) is 0 Å². The molecule has 0 bridgehead atoms. The molecule has 0 aliphatic rings. The minimum atomic E-state index is -3.63. The number of rotatable bonds is 8. The lowest BCUT2D eigenvalue weighted by molar-refractivity contribution is -0.123. The minimum Gasteiger partial charge on any atom is -0.347 e. The van der Waals surface area contributed by atoms with E-state index in [4.69, 9.17) is 0 Å². The largest absolute Gasteiger partial charge is 0.347 e. The van der Waals surface area contributed by atoms with Gasteiger partial charge in [0.25, 0.3) is 0 Å². The Balaban J connectivity index is 2.34. The van der Waals surface area contributed by atoms with Crippen molar-refractivity contribution in [2.75, 3.05) is 10.6 Å².